The Bertz CT molecular complexity index is 955. The molecule has 0 aliphatic heterocycles. The molecule has 0 amide bonds. The van der Waals surface area contributed by atoms with Gasteiger partial charge in [0.2, 0.25) is 0 Å². The van der Waals surface area contributed by atoms with Crippen LogP contribution in [0.1, 0.15) is 41.0 Å². The van der Waals surface area contributed by atoms with Gasteiger partial charge >= 0.3 is 6.18 Å². The molecule has 1 aliphatic carbocycles. The van der Waals surface area contributed by atoms with Crippen molar-refractivity contribution in [3.05, 3.63) is 34.9 Å². The van der Waals surface area contributed by atoms with Gasteiger partial charge in [0.05, 0.1) is 5.56 Å². The first kappa shape index (κ1) is 19.0. The molecule has 0 atom stereocenters. The second-order valence-electron chi connectivity index (χ2n) is 6.06. The molecule has 5 nitrogen and oxygen atoms in total. The summed E-state index contributed by atoms with van der Waals surface area (Å²) in [5, 5.41) is -0.281. The fourth-order valence-electron chi connectivity index (χ4n) is 2.97. The third kappa shape index (κ3) is 3.43. The van der Waals surface area contributed by atoms with Gasteiger partial charge in [-0.3, -0.25) is 14.4 Å². The first-order valence-electron chi connectivity index (χ1n) is 7.86. The number of pyridine rings is 2. The van der Waals surface area contributed by atoms with Crippen LogP contribution < -0.4 is 0 Å². The largest absolute Gasteiger partial charge is 0.434 e. The van der Waals surface area contributed by atoms with Crippen molar-refractivity contribution in [3.8, 4) is 0 Å². The van der Waals surface area contributed by atoms with Gasteiger partial charge in [0.15, 0.2) is 28.7 Å². The van der Waals surface area contributed by atoms with Crippen LogP contribution in [0.2, 0.25) is 0 Å². The predicted octanol–water partition coefficient (Wildman–Crippen LogP) is 3.38. The first-order chi connectivity index (χ1) is 12.6. The maximum atomic E-state index is 13.7. The molecule has 0 spiro atoms. The highest BCUT2D eigenvalue weighted by Crippen LogP contribution is 2.34. The summed E-state index contributed by atoms with van der Waals surface area (Å²) in [5.74, 6) is -5.80. The van der Waals surface area contributed by atoms with Crippen LogP contribution in [0.25, 0.3) is 11.0 Å². The Morgan fingerprint density at radius 1 is 1.11 bits per heavy atom. The average molecular weight is 386 g/mol. The number of hydrogen-bond acceptors (Lipinski definition) is 5. The highest BCUT2D eigenvalue weighted by atomic mass is 19.4. The van der Waals surface area contributed by atoms with Crippen molar-refractivity contribution in [3.63, 3.8) is 0 Å². The molecule has 0 aromatic carbocycles. The summed E-state index contributed by atoms with van der Waals surface area (Å²) in [4.78, 5) is 43.1. The molecule has 0 unspecified atom stereocenters. The fourth-order valence-corrected chi connectivity index (χ4v) is 2.97. The minimum Gasteiger partial charge on any atom is -0.298 e. The van der Waals surface area contributed by atoms with Crippen LogP contribution in [0, 0.1) is 11.7 Å². The van der Waals surface area contributed by atoms with E-state index in [2.05, 4.69) is 9.97 Å². The van der Waals surface area contributed by atoms with Crippen LogP contribution in [0.4, 0.5) is 22.0 Å². The summed E-state index contributed by atoms with van der Waals surface area (Å²) in [6.07, 6.45) is -5.07. The average Bonchev–Trinajstić information content (AvgIpc) is 2.59. The number of fused-ring (bicyclic) bond motifs is 1. The zero-order chi connectivity index (χ0) is 19.9. The molecular formula is C17H11F5N2O3. The van der Waals surface area contributed by atoms with Gasteiger partial charge in [-0.05, 0) is 18.6 Å². The van der Waals surface area contributed by atoms with Crippen molar-refractivity contribution in [1.82, 2.24) is 9.97 Å². The van der Waals surface area contributed by atoms with Crippen molar-refractivity contribution < 1.29 is 36.3 Å². The second-order valence-corrected chi connectivity index (χ2v) is 6.06. The molecule has 27 heavy (non-hydrogen) atoms. The molecule has 142 valence electrons. The summed E-state index contributed by atoms with van der Waals surface area (Å²) < 4.78 is 66.6. The van der Waals surface area contributed by atoms with Crippen molar-refractivity contribution in [1.29, 1.82) is 0 Å². The van der Waals surface area contributed by atoms with Gasteiger partial charge < -0.3 is 0 Å². The molecule has 1 fully saturated rings. The summed E-state index contributed by atoms with van der Waals surface area (Å²) in [7, 11) is 0. The van der Waals surface area contributed by atoms with Crippen molar-refractivity contribution in [2.75, 3.05) is 0 Å². The summed E-state index contributed by atoms with van der Waals surface area (Å²) in [6, 6.07) is 1.38. The number of halogens is 5. The number of Topliss-reactive ketones (excluding diaryl/α,β-unsaturated/α-hetero) is 3. The maximum absolute atomic E-state index is 13.7. The Morgan fingerprint density at radius 3 is 2.30 bits per heavy atom. The number of carbonyl (C=O) groups excluding carboxylic acids is 3. The number of alkyl halides is 4. The van der Waals surface area contributed by atoms with E-state index in [1.54, 1.807) is 0 Å². The van der Waals surface area contributed by atoms with Gasteiger partial charge in [0.1, 0.15) is 24.1 Å². The smallest absolute Gasteiger partial charge is 0.298 e. The highest BCUT2D eigenvalue weighted by Gasteiger charge is 2.43. The van der Waals surface area contributed by atoms with Crippen LogP contribution in [0.15, 0.2) is 12.1 Å². The quantitative estimate of drug-likeness (QED) is 0.459. The second kappa shape index (κ2) is 6.75. The van der Waals surface area contributed by atoms with Crippen LogP contribution in [0.5, 0.6) is 0 Å². The monoisotopic (exact) mass is 386 g/mol. The topological polar surface area (TPSA) is 77.0 Å². The number of ketones is 3. The summed E-state index contributed by atoms with van der Waals surface area (Å²) >= 11 is 0. The zero-order valence-electron chi connectivity index (χ0n) is 13.6. The van der Waals surface area contributed by atoms with Gasteiger partial charge in [-0.1, -0.05) is 0 Å². The van der Waals surface area contributed by atoms with E-state index in [0.29, 0.717) is 12.1 Å². The standard InChI is InChI=1S/C17H11F5N2O3/c18-6-10-9(19)5-7-4-8(15(17(20,21)22)24-16(7)23-10)14(27)13-11(25)2-1-3-12(13)26/h4-5,13H,1-3,6H2. The molecule has 0 radical (unpaired) electrons. The van der Waals surface area contributed by atoms with Gasteiger partial charge in [-0.25, -0.2) is 18.7 Å². The lowest BCUT2D eigenvalue weighted by Gasteiger charge is -2.20. The van der Waals surface area contributed by atoms with Crippen LogP contribution in [-0.4, -0.2) is 27.3 Å². The van der Waals surface area contributed by atoms with Crippen molar-refractivity contribution in [2.24, 2.45) is 5.92 Å². The molecular weight excluding hydrogens is 375 g/mol. The van der Waals surface area contributed by atoms with E-state index in [-0.39, 0.29) is 24.6 Å². The van der Waals surface area contributed by atoms with E-state index in [9.17, 15) is 36.3 Å². The van der Waals surface area contributed by atoms with Gasteiger partial charge in [0.25, 0.3) is 0 Å². The molecule has 2 aromatic heterocycles. The SMILES string of the molecule is O=C1CCCC(=O)C1C(=O)c1cc2cc(F)c(CF)nc2nc1C(F)(F)F. The molecule has 10 heteroatoms. The predicted molar refractivity (Wildman–Crippen MR) is 81.0 cm³/mol. The lowest BCUT2D eigenvalue weighted by atomic mass is 9.81. The molecule has 2 aromatic rings. The Morgan fingerprint density at radius 2 is 1.74 bits per heavy atom. The lowest BCUT2D eigenvalue weighted by molar-refractivity contribution is -0.142. The van der Waals surface area contributed by atoms with Crippen molar-refractivity contribution in [2.45, 2.75) is 32.1 Å². The summed E-state index contributed by atoms with van der Waals surface area (Å²) in [5.41, 5.74) is -4.00. The number of carbonyl (C=O) groups is 3. The van der Waals surface area contributed by atoms with Crippen LogP contribution in [-0.2, 0) is 22.4 Å². The highest BCUT2D eigenvalue weighted by molar-refractivity contribution is 6.25. The van der Waals surface area contributed by atoms with Crippen LogP contribution in [0.3, 0.4) is 0 Å². The number of hydrogen-bond donors (Lipinski definition) is 0. The van der Waals surface area contributed by atoms with Gasteiger partial charge in [-0.15, -0.1) is 0 Å². The van der Waals surface area contributed by atoms with E-state index in [1.165, 1.54) is 0 Å². The molecule has 0 N–H and O–H groups in total. The van der Waals surface area contributed by atoms with E-state index < -0.39 is 64.5 Å². The van der Waals surface area contributed by atoms with E-state index in [4.69, 9.17) is 0 Å². The molecule has 3 rings (SSSR count). The minimum atomic E-state index is -5.11. The van der Waals surface area contributed by atoms with E-state index in [1.807, 2.05) is 0 Å². The third-order valence-electron chi connectivity index (χ3n) is 4.24. The zero-order valence-corrected chi connectivity index (χ0v) is 13.6. The van der Waals surface area contributed by atoms with E-state index >= 15 is 0 Å². The molecule has 0 saturated heterocycles. The summed E-state index contributed by atoms with van der Waals surface area (Å²) in [6.45, 7) is -1.35. The number of aromatic nitrogens is 2. The third-order valence-corrected chi connectivity index (χ3v) is 4.24. The van der Waals surface area contributed by atoms with Gasteiger partial charge in [-0.2, -0.15) is 13.2 Å². The molecule has 2 heterocycles. The molecule has 1 saturated carbocycles. The van der Waals surface area contributed by atoms with Gasteiger partial charge in [0, 0.05) is 18.2 Å². The lowest BCUT2D eigenvalue weighted by Crippen LogP contribution is -2.36. The Hall–Kier alpha value is -2.78. The normalized spacial score (nSPS) is 16.2. The fraction of sp³-hybridized carbons (Fsp3) is 0.353. The number of nitrogens with zero attached hydrogens (tertiary/aromatic N) is 2. The van der Waals surface area contributed by atoms with Crippen LogP contribution >= 0.6 is 0 Å². The minimum absolute atomic E-state index is 0.0967. The first-order valence-corrected chi connectivity index (χ1v) is 7.86. The number of rotatable bonds is 3. The Labute approximate surface area is 148 Å². The van der Waals surface area contributed by atoms with E-state index in [0.717, 1.165) is 0 Å². The maximum Gasteiger partial charge on any atom is 0.434 e. The van der Waals surface area contributed by atoms with Crippen molar-refractivity contribution >= 4 is 28.4 Å². The molecule has 1 aliphatic rings. The Balaban J connectivity index is 2.22. The molecule has 0 bridgehead atoms. The Kier molecular flexibility index (Phi) is 4.75.